The van der Waals surface area contributed by atoms with Gasteiger partial charge in [0.15, 0.2) is 5.82 Å². The van der Waals surface area contributed by atoms with Gasteiger partial charge >= 0.3 is 5.97 Å². The van der Waals surface area contributed by atoms with Gasteiger partial charge in [0, 0.05) is 6.92 Å². The number of rotatable bonds is 4. The minimum absolute atomic E-state index is 0.240. The molecule has 0 aliphatic heterocycles. The highest BCUT2D eigenvalue weighted by atomic mass is 32.1. The molecule has 2 heterocycles. The molecule has 32 heavy (non-hydrogen) atoms. The molecular formula is C25H17N3O3S. The molecule has 0 spiro atoms. The van der Waals surface area contributed by atoms with Crippen molar-refractivity contribution in [1.82, 2.24) is 14.6 Å². The summed E-state index contributed by atoms with van der Waals surface area (Å²) < 4.78 is 7.24. The molecular weight excluding hydrogens is 422 g/mol. The normalized spacial score (nSPS) is 12.2. The van der Waals surface area contributed by atoms with Crippen LogP contribution in [0.3, 0.4) is 0 Å². The molecule has 0 N–H and O–H groups in total. The van der Waals surface area contributed by atoms with Crippen LogP contribution in [-0.4, -0.2) is 20.6 Å². The highest BCUT2D eigenvalue weighted by molar-refractivity contribution is 7.15. The molecule has 0 bridgehead atoms. The maximum absolute atomic E-state index is 12.8. The number of carbonyl (C=O) groups excluding carboxylic acids is 1. The molecule has 3 aromatic carbocycles. The molecule has 0 fully saturated rings. The van der Waals surface area contributed by atoms with Crippen molar-refractivity contribution in [3.05, 3.63) is 93.3 Å². The van der Waals surface area contributed by atoms with Crippen LogP contribution in [0, 0.1) is 0 Å². The smallest absolute Gasteiger partial charge is 0.308 e. The van der Waals surface area contributed by atoms with Crippen molar-refractivity contribution in [3.63, 3.8) is 0 Å². The molecule has 0 aliphatic rings. The fraction of sp³-hybridized carbons (Fsp3) is 0.0400. The van der Waals surface area contributed by atoms with Gasteiger partial charge in [-0.25, -0.2) is 0 Å². The summed E-state index contributed by atoms with van der Waals surface area (Å²) in [5.41, 5.74) is 1.37. The molecule has 0 amide bonds. The second-order valence-electron chi connectivity index (χ2n) is 7.13. The zero-order chi connectivity index (χ0) is 22.1. The predicted octanol–water partition coefficient (Wildman–Crippen LogP) is 4.11. The molecule has 2 aromatic heterocycles. The number of esters is 1. The molecule has 0 aliphatic carbocycles. The van der Waals surface area contributed by atoms with Gasteiger partial charge in [-0.1, -0.05) is 78.1 Å². The van der Waals surface area contributed by atoms with Crippen LogP contribution in [0.4, 0.5) is 0 Å². The maximum atomic E-state index is 12.8. The minimum Gasteiger partial charge on any atom is -0.426 e. The van der Waals surface area contributed by atoms with Crippen LogP contribution in [-0.2, 0) is 4.79 Å². The lowest BCUT2D eigenvalue weighted by atomic mass is 10.1. The van der Waals surface area contributed by atoms with Crippen LogP contribution in [0.15, 0.2) is 77.6 Å². The van der Waals surface area contributed by atoms with Gasteiger partial charge in [0.1, 0.15) is 5.75 Å². The second-order valence-corrected chi connectivity index (χ2v) is 8.14. The lowest BCUT2D eigenvalue weighted by molar-refractivity contribution is -0.131. The summed E-state index contributed by atoms with van der Waals surface area (Å²) in [6, 6.07) is 21.2. The number of aromatic nitrogens is 3. The van der Waals surface area contributed by atoms with E-state index in [0.717, 1.165) is 16.3 Å². The van der Waals surface area contributed by atoms with E-state index in [0.29, 0.717) is 26.6 Å². The Hall–Kier alpha value is -4.10. The first-order valence-electron chi connectivity index (χ1n) is 9.93. The Morgan fingerprint density at radius 3 is 2.47 bits per heavy atom. The van der Waals surface area contributed by atoms with Crippen molar-refractivity contribution in [2.24, 2.45) is 0 Å². The Kier molecular flexibility index (Phi) is 5.09. The first-order chi connectivity index (χ1) is 15.6. The van der Waals surface area contributed by atoms with Crippen LogP contribution >= 0.6 is 11.3 Å². The highest BCUT2D eigenvalue weighted by Crippen LogP contribution is 2.33. The zero-order valence-corrected chi connectivity index (χ0v) is 17.9. The molecule has 5 rings (SSSR count). The van der Waals surface area contributed by atoms with Crippen LogP contribution in [0.1, 0.15) is 12.5 Å². The van der Waals surface area contributed by atoms with Gasteiger partial charge in [-0.3, -0.25) is 9.59 Å². The summed E-state index contributed by atoms with van der Waals surface area (Å²) in [6.07, 6.45) is 5.53. The third-order valence-electron chi connectivity index (χ3n) is 4.86. The summed E-state index contributed by atoms with van der Waals surface area (Å²) in [5, 5.41) is 6.30. The first-order valence-corrected chi connectivity index (χ1v) is 10.7. The lowest BCUT2D eigenvalue weighted by Gasteiger charge is -2.08. The molecule has 0 atom stereocenters. The van der Waals surface area contributed by atoms with E-state index in [9.17, 15) is 9.59 Å². The van der Waals surface area contributed by atoms with Crippen LogP contribution in [0.5, 0.6) is 5.75 Å². The van der Waals surface area contributed by atoms with Crippen molar-refractivity contribution in [2.45, 2.75) is 6.92 Å². The van der Waals surface area contributed by atoms with E-state index in [1.165, 1.54) is 22.8 Å². The van der Waals surface area contributed by atoms with E-state index in [2.05, 4.69) is 10.1 Å². The van der Waals surface area contributed by atoms with E-state index in [-0.39, 0.29) is 5.56 Å². The summed E-state index contributed by atoms with van der Waals surface area (Å²) in [4.78, 5) is 29.5. The summed E-state index contributed by atoms with van der Waals surface area (Å²) in [6.45, 7) is 1.35. The zero-order valence-electron chi connectivity index (χ0n) is 17.1. The summed E-state index contributed by atoms with van der Waals surface area (Å²) in [5.74, 6) is 0.260. The van der Waals surface area contributed by atoms with Gasteiger partial charge in [0.2, 0.25) is 4.96 Å². The molecule has 5 aromatic rings. The first kappa shape index (κ1) is 19.8. The van der Waals surface area contributed by atoms with E-state index in [4.69, 9.17) is 4.74 Å². The van der Waals surface area contributed by atoms with Crippen LogP contribution in [0.25, 0.3) is 39.3 Å². The van der Waals surface area contributed by atoms with E-state index in [1.807, 2.05) is 72.8 Å². The molecule has 156 valence electrons. The maximum Gasteiger partial charge on any atom is 0.308 e. The van der Waals surface area contributed by atoms with Gasteiger partial charge in [-0.05, 0) is 34.5 Å². The fourth-order valence-corrected chi connectivity index (χ4v) is 4.27. The molecule has 0 saturated heterocycles. The number of fused-ring (bicyclic) bond motifs is 2. The molecule has 0 saturated carbocycles. The lowest BCUT2D eigenvalue weighted by Crippen LogP contribution is -2.23. The van der Waals surface area contributed by atoms with Gasteiger partial charge in [-0.15, -0.1) is 5.10 Å². The van der Waals surface area contributed by atoms with Gasteiger partial charge in [-0.2, -0.15) is 9.50 Å². The minimum atomic E-state index is -0.436. The van der Waals surface area contributed by atoms with Crippen LogP contribution < -0.4 is 14.8 Å². The Balaban J connectivity index is 1.57. The number of hydrogen-bond acceptors (Lipinski definition) is 6. The van der Waals surface area contributed by atoms with Gasteiger partial charge in [0.05, 0.1) is 10.1 Å². The number of hydrogen-bond donors (Lipinski definition) is 0. The molecule has 0 unspecified atom stereocenters. The quantitative estimate of drug-likeness (QED) is 0.311. The van der Waals surface area contributed by atoms with Gasteiger partial charge in [0.25, 0.3) is 5.56 Å². The van der Waals surface area contributed by atoms with Crippen molar-refractivity contribution in [3.8, 4) is 17.1 Å². The Labute approximate surface area is 186 Å². The van der Waals surface area contributed by atoms with E-state index in [1.54, 1.807) is 12.1 Å². The van der Waals surface area contributed by atoms with Crippen molar-refractivity contribution in [1.29, 1.82) is 0 Å². The molecule has 6 nitrogen and oxygen atoms in total. The van der Waals surface area contributed by atoms with E-state index < -0.39 is 5.97 Å². The van der Waals surface area contributed by atoms with Crippen molar-refractivity contribution in [2.75, 3.05) is 0 Å². The number of thiazole rings is 1. The van der Waals surface area contributed by atoms with E-state index >= 15 is 0 Å². The summed E-state index contributed by atoms with van der Waals surface area (Å²) >= 11 is 1.26. The third kappa shape index (κ3) is 3.81. The average molecular weight is 439 g/mol. The standard InChI is InChI=1S/C25H17N3O3S/c1-16(29)31-21-15-19-12-6-5-11-18(19)14-20(21)23-26-25-28(27-23)24(30)22(32-25)13-7-10-17-8-3-2-4-9-17/h2-15H,1H3/b10-7+,22-13+. The highest BCUT2D eigenvalue weighted by Gasteiger charge is 2.17. The van der Waals surface area contributed by atoms with Crippen molar-refractivity contribution < 1.29 is 9.53 Å². The third-order valence-corrected chi connectivity index (χ3v) is 5.84. The number of allylic oxidation sites excluding steroid dienone is 1. The Morgan fingerprint density at radius 2 is 1.75 bits per heavy atom. The summed E-state index contributed by atoms with van der Waals surface area (Å²) in [7, 11) is 0. The fourth-order valence-electron chi connectivity index (χ4n) is 3.41. The second kappa shape index (κ2) is 8.20. The SMILES string of the molecule is CC(=O)Oc1cc2ccccc2cc1-c1nc2s/c(=C/C=C/c3ccccc3)c(=O)n2n1. The largest absolute Gasteiger partial charge is 0.426 e. The molecule has 7 heteroatoms. The van der Waals surface area contributed by atoms with Crippen molar-refractivity contribution >= 4 is 45.2 Å². The average Bonchev–Trinajstić information content (AvgIpc) is 3.33. The topological polar surface area (TPSA) is 73.6 Å². The van der Waals surface area contributed by atoms with Crippen LogP contribution in [0.2, 0.25) is 0 Å². The molecule has 0 radical (unpaired) electrons. The Morgan fingerprint density at radius 1 is 1.03 bits per heavy atom. The number of carbonyl (C=O) groups is 1. The Bertz CT molecular complexity index is 1600. The number of benzene rings is 3. The van der Waals surface area contributed by atoms with Gasteiger partial charge < -0.3 is 4.74 Å². The number of nitrogens with zero attached hydrogens (tertiary/aromatic N) is 3. The number of ether oxygens (including phenoxy) is 1. The predicted molar refractivity (Wildman–Crippen MR) is 127 cm³/mol. The monoisotopic (exact) mass is 439 g/mol.